The Labute approximate surface area is 197 Å². The highest BCUT2D eigenvalue weighted by Crippen LogP contribution is 2.27. The Hall–Kier alpha value is -3.95. The molecule has 0 aromatic heterocycles. The average Bonchev–Trinajstić information content (AvgIpc) is 2.79. The van der Waals surface area contributed by atoms with Crippen molar-refractivity contribution in [2.75, 3.05) is 6.61 Å². The maximum Gasteiger partial charge on any atom is 0.343 e. The monoisotopic (exact) mass is 487 g/mol. The fourth-order valence-corrected chi connectivity index (χ4v) is 2.98. The number of nitro benzene ring substituents is 1. The fraction of sp³-hybridized carbons (Fsp3) is 0.0455. The molecule has 1 N–H and O–H groups in total. The van der Waals surface area contributed by atoms with E-state index >= 15 is 0 Å². The van der Waals surface area contributed by atoms with Gasteiger partial charge in [0, 0.05) is 17.2 Å². The Balaban J connectivity index is 1.54. The molecule has 3 aromatic carbocycles. The SMILES string of the molecule is O=C(COc1ccc(Cl)cc1Cl)NN=Cc1cccc(OC(=O)c2cccc([N+](=O)[O-])c2)c1. The highest BCUT2D eigenvalue weighted by atomic mass is 35.5. The number of hydrogen-bond acceptors (Lipinski definition) is 7. The summed E-state index contributed by atoms with van der Waals surface area (Å²) in [4.78, 5) is 34.4. The molecule has 0 saturated carbocycles. The van der Waals surface area contributed by atoms with Gasteiger partial charge in [-0.05, 0) is 42.0 Å². The van der Waals surface area contributed by atoms with E-state index in [0.717, 1.165) is 6.07 Å². The molecular formula is C22H15Cl2N3O6. The van der Waals surface area contributed by atoms with Crippen molar-refractivity contribution in [3.63, 3.8) is 0 Å². The molecule has 0 unspecified atom stereocenters. The lowest BCUT2D eigenvalue weighted by molar-refractivity contribution is -0.384. The first-order valence-corrected chi connectivity index (χ1v) is 10.0. The Kier molecular flexibility index (Phi) is 7.96. The van der Waals surface area contributed by atoms with Crippen molar-refractivity contribution in [2.45, 2.75) is 0 Å². The van der Waals surface area contributed by atoms with Crippen molar-refractivity contribution >= 4 is 47.0 Å². The van der Waals surface area contributed by atoms with Crippen LogP contribution < -0.4 is 14.9 Å². The van der Waals surface area contributed by atoms with Crippen molar-refractivity contribution in [2.24, 2.45) is 5.10 Å². The summed E-state index contributed by atoms with van der Waals surface area (Å²) in [7, 11) is 0. The Morgan fingerprint density at radius 3 is 2.61 bits per heavy atom. The summed E-state index contributed by atoms with van der Waals surface area (Å²) >= 11 is 11.8. The van der Waals surface area contributed by atoms with Crippen molar-refractivity contribution < 1.29 is 24.0 Å². The molecule has 168 valence electrons. The van der Waals surface area contributed by atoms with E-state index in [4.69, 9.17) is 32.7 Å². The van der Waals surface area contributed by atoms with Gasteiger partial charge >= 0.3 is 5.97 Å². The maximum atomic E-state index is 12.3. The molecule has 0 aliphatic rings. The third-order valence-corrected chi connectivity index (χ3v) is 4.55. The van der Waals surface area contributed by atoms with Crippen molar-refractivity contribution in [1.29, 1.82) is 0 Å². The van der Waals surface area contributed by atoms with Gasteiger partial charge in [0.25, 0.3) is 11.6 Å². The van der Waals surface area contributed by atoms with Gasteiger partial charge in [0.2, 0.25) is 0 Å². The zero-order valence-corrected chi connectivity index (χ0v) is 18.2. The highest BCUT2D eigenvalue weighted by Gasteiger charge is 2.13. The van der Waals surface area contributed by atoms with Gasteiger partial charge in [-0.1, -0.05) is 41.4 Å². The highest BCUT2D eigenvalue weighted by molar-refractivity contribution is 6.35. The zero-order chi connectivity index (χ0) is 23.8. The standard InChI is InChI=1S/C22H15Cl2N3O6/c23-16-7-8-20(19(24)11-16)32-13-21(28)26-25-12-14-3-1-6-18(9-14)33-22(29)15-4-2-5-17(10-15)27(30)31/h1-12H,13H2,(H,26,28). The molecule has 0 bridgehead atoms. The molecule has 0 aliphatic heterocycles. The molecule has 33 heavy (non-hydrogen) atoms. The average molecular weight is 488 g/mol. The predicted octanol–water partition coefficient (Wildman–Crippen LogP) is 4.65. The van der Waals surface area contributed by atoms with Crippen LogP contribution in [-0.2, 0) is 4.79 Å². The van der Waals surface area contributed by atoms with Crippen molar-refractivity contribution in [3.05, 3.63) is 98.0 Å². The molecule has 3 aromatic rings. The molecule has 0 spiro atoms. The largest absolute Gasteiger partial charge is 0.482 e. The van der Waals surface area contributed by atoms with Gasteiger partial charge in [-0.15, -0.1) is 0 Å². The van der Waals surface area contributed by atoms with E-state index in [1.165, 1.54) is 42.6 Å². The molecule has 9 nitrogen and oxygen atoms in total. The number of benzene rings is 3. The number of nitrogens with zero attached hydrogens (tertiary/aromatic N) is 2. The lowest BCUT2D eigenvalue weighted by Crippen LogP contribution is -2.24. The maximum absolute atomic E-state index is 12.3. The van der Waals surface area contributed by atoms with Crippen LogP contribution in [0.2, 0.25) is 10.0 Å². The number of nitrogens with one attached hydrogen (secondary N) is 1. The summed E-state index contributed by atoms with van der Waals surface area (Å²) in [5, 5.41) is 15.4. The Bertz CT molecular complexity index is 1230. The van der Waals surface area contributed by atoms with Crippen LogP contribution in [0.15, 0.2) is 71.8 Å². The minimum Gasteiger partial charge on any atom is -0.482 e. The zero-order valence-electron chi connectivity index (χ0n) is 16.7. The van der Waals surface area contributed by atoms with E-state index in [1.54, 1.807) is 24.3 Å². The van der Waals surface area contributed by atoms with E-state index in [1.807, 2.05) is 0 Å². The molecule has 0 atom stereocenters. The van der Waals surface area contributed by atoms with Gasteiger partial charge in [-0.3, -0.25) is 14.9 Å². The number of esters is 1. The summed E-state index contributed by atoms with van der Waals surface area (Å²) in [5.74, 6) is -0.773. The number of non-ortho nitro benzene ring substituents is 1. The number of halogens is 2. The summed E-state index contributed by atoms with van der Waals surface area (Å²) in [6.45, 7) is -0.320. The smallest absolute Gasteiger partial charge is 0.343 e. The summed E-state index contributed by atoms with van der Waals surface area (Å²) in [5.41, 5.74) is 2.65. The van der Waals surface area contributed by atoms with E-state index in [9.17, 15) is 19.7 Å². The van der Waals surface area contributed by atoms with Crippen LogP contribution in [0.4, 0.5) is 5.69 Å². The van der Waals surface area contributed by atoms with Gasteiger partial charge in [0.05, 0.1) is 21.7 Å². The first-order chi connectivity index (χ1) is 15.8. The molecular weight excluding hydrogens is 473 g/mol. The molecule has 0 aliphatic carbocycles. The van der Waals surface area contributed by atoms with Gasteiger partial charge in [0.15, 0.2) is 6.61 Å². The van der Waals surface area contributed by atoms with Crippen LogP contribution in [0.1, 0.15) is 15.9 Å². The molecule has 3 rings (SSSR count). The van der Waals surface area contributed by atoms with Crippen molar-refractivity contribution in [3.8, 4) is 11.5 Å². The van der Waals surface area contributed by atoms with E-state index < -0.39 is 16.8 Å². The first kappa shape index (κ1) is 23.7. The normalized spacial score (nSPS) is 10.6. The van der Waals surface area contributed by atoms with E-state index in [-0.39, 0.29) is 28.6 Å². The quantitative estimate of drug-likeness (QED) is 0.162. The first-order valence-electron chi connectivity index (χ1n) is 9.28. The lowest BCUT2D eigenvalue weighted by Gasteiger charge is -2.07. The van der Waals surface area contributed by atoms with Gasteiger partial charge < -0.3 is 9.47 Å². The van der Waals surface area contributed by atoms with Crippen LogP contribution in [-0.4, -0.2) is 29.6 Å². The summed E-state index contributed by atoms with van der Waals surface area (Å²) < 4.78 is 10.6. The summed E-state index contributed by atoms with van der Waals surface area (Å²) in [6, 6.07) is 16.2. The van der Waals surface area contributed by atoms with Gasteiger partial charge in [0.1, 0.15) is 11.5 Å². The second kappa shape index (κ2) is 11.1. The van der Waals surface area contributed by atoms with Crippen LogP contribution in [0.25, 0.3) is 0 Å². The molecule has 11 heteroatoms. The number of ether oxygens (including phenoxy) is 2. The van der Waals surface area contributed by atoms with E-state index in [0.29, 0.717) is 16.3 Å². The molecule has 0 saturated heterocycles. The van der Waals surface area contributed by atoms with E-state index in [2.05, 4.69) is 10.5 Å². The number of carbonyl (C=O) groups is 2. The summed E-state index contributed by atoms with van der Waals surface area (Å²) in [6.07, 6.45) is 1.35. The second-order valence-electron chi connectivity index (χ2n) is 6.43. The second-order valence-corrected chi connectivity index (χ2v) is 7.27. The number of hydrogen-bond donors (Lipinski definition) is 1. The number of nitro groups is 1. The predicted molar refractivity (Wildman–Crippen MR) is 122 cm³/mol. The fourth-order valence-electron chi connectivity index (χ4n) is 2.52. The number of carbonyl (C=O) groups excluding carboxylic acids is 2. The Morgan fingerprint density at radius 1 is 1.06 bits per heavy atom. The van der Waals surface area contributed by atoms with Crippen LogP contribution in [0, 0.1) is 10.1 Å². The molecule has 0 radical (unpaired) electrons. The molecule has 0 fully saturated rings. The third kappa shape index (κ3) is 7.03. The number of rotatable bonds is 8. The third-order valence-electron chi connectivity index (χ3n) is 4.02. The minimum atomic E-state index is -0.751. The van der Waals surface area contributed by atoms with Crippen LogP contribution in [0.3, 0.4) is 0 Å². The minimum absolute atomic E-state index is 0.0383. The topological polar surface area (TPSA) is 120 Å². The van der Waals surface area contributed by atoms with Crippen molar-refractivity contribution in [1.82, 2.24) is 5.43 Å². The number of amides is 1. The molecule has 1 amide bonds. The lowest BCUT2D eigenvalue weighted by atomic mass is 10.2. The molecule has 0 heterocycles. The van der Waals surface area contributed by atoms with Gasteiger partial charge in [-0.2, -0.15) is 5.10 Å². The van der Waals surface area contributed by atoms with Gasteiger partial charge in [-0.25, -0.2) is 10.2 Å². The van der Waals surface area contributed by atoms with Crippen LogP contribution >= 0.6 is 23.2 Å². The Morgan fingerprint density at radius 2 is 1.85 bits per heavy atom. The number of hydrazone groups is 1. The van der Waals surface area contributed by atoms with Crippen LogP contribution in [0.5, 0.6) is 11.5 Å².